The summed E-state index contributed by atoms with van der Waals surface area (Å²) < 4.78 is 12.1. The van der Waals surface area contributed by atoms with E-state index in [2.05, 4.69) is 146 Å². The molecule has 4 heteroatoms. The van der Waals surface area contributed by atoms with Crippen molar-refractivity contribution in [2.24, 2.45) is 5.92 Å². The number of hydrogen-bond donors (Lipinski definition) is 0. The van der Waals surface area contributed by atoms with Gasteiger partial charge in [0.15, 0.2) is 6.79 Å². The summed E-state index contributed by atoms with van der Waals surface area (Å²) in [5.74, 6) is 1.53. The van der Waals surface area contributed by atoms with Crippen LogP contribution in [0.5, 0.6) is 5.75 Å². The van der Waals surface area contributed by atoms with E-state index >= 15 is 0 Å². The van der Waals surface area contributed by atoms with Crippen molar-refractivity contribution in [3.63, 3.8) is 0 Å². The minimum atomic E-state index is -0.542. The minimum Gasteiger partial charge on any atom is -0.467 e. The fourth-order valence-electron chi connectivity index (χ4n) is 6.09. The molecule has 0 fully saturated rings. The Morgan fingerprint density at radius 3 is 1.93 bits per heavy atom. The number of aryl methyl sites for hydroxylation is 2. The maximum absolute atomic E-state index is 6.57. The second-order valence-electron chi connectivity index (χ2n) is 12.9. The number of methoxy groups -OCH3 is 1. The lowest BCUT2D eigenvalue weighted by Crippen LogP contribution is -2.29. The first-order valence-corrected chi connectivity index (χ1v) is 18.6. The summed E-state index contributed by atoms with van der Waals surface area (Å²) in [6, 6.07) is 33.8. The van der Waals surface area contributed by atoms with Crippen LogP contribution in [0.4, 0.5) is 0 Å². The molecule has 0 heterocycles. The van der Waals surface area contributed by atoms with Crippen molar-refractivity contribution in [3.05, 3.63) is 119 Å². The van der Waals surface area contributed by atoms with Crippen LogP contribution in [0.25, 0.3) is 0 Å². The highest BCUT2D eigenvalue weighted by molar-refractivity contribution is 7.72. The van der Waals surface area contributed by atoms with E-state index in [1.54, 1.807) is 7.11 Å². The molecule has 4 aromatic carbocycles. The Labute approximate surface area is 270 Å². The van der Waals surface area contributed by atoms with Crippen LogP contribution < -0.4 is 20.7 Å². The molecule has 0 radical (unpaired) electrons. The highest BCUT2D eigenvalue weighted by atomic mass is 31.1. The van der Waals surface area contributed by atoms with Crippen LogP contribution in [0.3, 0.4) is 0 Å². The average Bonchev–Trinajstić information content (AvgIpc) is 3.04. The van der Waals surface area contributed by atoms with Crippen molar-refractivity contribution >= 4 is 32.4 Å². The van der Waals surface area contributed by atoms with Gasteiger partial charge in [0, 0.05) is 29.6 Å². The number of benzene rings is 4. The highest BCUT2D eigenvalue weighted by Crippen LogP contribution is 2.52. The molecule has 0 saturated carbocycles. The van der Waals surface area contributed by atoms with E-state index in [-0.39, 0.29) is 17.4 Å². The van der Waals surface area contributed by atoms with Crippen LogP contribution in [-0.2, 0) is 21.5 Å². The van der Waals surface area contributed by atoms with E-state index < -0.39 is 7.92 Å². The number of ether oxygens (including phenoxy) is 2. The lowest BCUT2D eigenvalue weighted by Gasteiger charge is -2.38. The lowest BCUT2D eigenvalue weighted by atomic mass is 9.71. The molecule has 0 bridgehead atoms. The molecule has 4 rings (SSSR count). The summed E-state index contributed by atoms with van der Waals surface area (Å²) in [5, 5.41) is 4.25. The highest BCUT2D eigenvalue weighted by Gasteiger charge is 2.37. The van der Waals surface area contributed by atoms with Gasteiger partial charge in [-0.1, -0.05) is 153 Å². The molecule has 0 spiro atoms. The first-order valence-electron chi connectivity index (χ1n) is 16.1. The Hall–Kier alpha value is -2.50. The normalized spacial score (nSPS) is 14.2. The summed E-state index contributed by atoms with van der Waals surface area (Å²) in [4.78, 5) is 0. The van der Waals surface area contributed by atoms with Gasteiger partial charge in [0.05, 0.1) is 0 Å². The van der Waals surface area contributed by atoms with Crippen molar-refractivity contribution in [1.29, 1.82) is 0 Å². The Morgan fingerprint density at radius 2 is 1.39 bits per heavy atom. The summed E-state index contributed by atoms with van der Waals surface area (Å²) in [7, 11) is 1.77. The quantitative estimate of drug-likeness (QED) is 0.102. The molecule has 0 aromatic heterocycles. The molecule has 44 heavy (non-hydrogen) atoms. The van der Waals surface area contributed by atoms with Crippen LogP contribution in [0.1, 0.15) is 82.2 Å². The van der Waals surface area contributed by atoms with E-state index in [9.17, 15) is 0 Å². The Bertz CT molecular complexity index is 1460. The van der Waals surface area contributed by atoms with Crippen LogP contribution in [-0.4, -0.2) is 13.9 Å². The van der Waals surface area contributed by atoms with Crippen LogP contribution in [0, 0.1) is 19.8 Å². The van der Waals surface area contributed by atoms with Crippen LogP contribution in [0.15, 0.2) is 91.0 Å². The second-order valence-corrected chi connectivity index (χ2v) is 17.0. The maximum atomic E-state index is 6.57. The van der Waals surface area contributed by atoms with Gasteiger partial charge in [0.25, 0.3) is 0 Å². The van der Waals surface area contributed by atoms with Crippen molar-refractivity contribution in [3.8, 4) is 5.75 Å². The van der Waals surface area contributed by atoms with Gasteiger partial charge in [0.1, 0.15) is 5.75 Å². The lowest BCUT2D eigenvalue weighted by molar-refractivity contribution is 0.0480. The van der Waals surface area contributed by atoms with Crippen molar-refractivity contribution in [1.82, 2.24) is 0 Å². The molecule has 3 atom stereocenters. The Morgan fingerprint density at radius 1 is 0.795 bits per heavy atom. The zero-order valence-corrected chi connectivity index (χ0v) is 30.2. The summed E-state index contributed by atoms with van der Waals surface area (Å²) in [6.07, 6.45) is 3.16. The molecular formula is C40H52O2P2. The van der Waals surface area contributed by atoms with Crippen molar-refractivity contribution in [2.45, 2.75) is 85.0 Å². The molecule has 234 valence electrons. The Kier molecular flexibility index (Phi) is 11.9. The fraction of sp³-hybridized carbons (Fsp3) is 0.400. The maximum Gasteiger partial charge on any atom is 0.188 e. The molecule has 0 N–H and O–H groups in total. The number of rotatable bonds is 14. The van der Waals surface area contributed by atoms with E-state index in [1.807, 2.05) is 0 Å². The SMILES string of the molecule is CCC(C)C(C)(C)c1cc(C)cc(C(C)(CC)Pc2c(C)cccc2CP(c2ccccc2)c2ccccc2)c1OCOC. The van der Waals surface area contributed by atoms with Gasteiger partial charge in [-0.25, -0.2) is 0 Å². The van der Waals surface area contributed by atoms with Gasteiger partial charge in [0.2, 0.25) is 0 Å². The molecule has 0 amide bonds. The van der Waals surface area contributed by atoms with E-state index in [0.29, 0.717) is 14.5 Å². The predicted molar refractivity (Wildman–Crippen MR) is 196 cm³/mol. The first-order chi connectivity index (χ1) is 21.1. The van der Waals surface area contributed by atoms with Gasteiger partial charge in [-0.2, -0.15) is 0 Å². The molecule has 0 aliphatic heterocycles. The third-order valence-corrected chi connectivity index (χ3v) is 14.3. The second kappa shape index (κ2) is 15.2. The summed E-state index contributed by atoms with van der Waals surface area (Å²) >= 11 is 0. The molecule has 3 unspecified atom stereocenters. The Balaban J connectivity index is 1.84. The summed E-state index contributed by atoms with van der Waals surface area (Å²) in [5.41, 5.74) is 6.71. The molecule has 0 aliphatic carbocycles. The van der Waals surface area contributed by atoms with Crippen molar-refractivity contribution in [2.75, 3.05) is 13.9 Å². The fourth-order valence-corrected chi connectivity index (χ4v) is 10.2. The van der Waals surface area contributed by atoms with Gasteiger partial charge < -0.3 is 9.47 Å². The standard InChI is InChI=1S/C40H52O2P2/c1-10-31(5)39(6,7)35-25-29(3)26-36(37(35)42-28-41-9)40(8,11-2)43-38-30(4)19-18-20-32(38)27-44(33-21-14-12-15-22-33)34-23-16-13-17-24-34/h12-26,31,43H,10-11,27-28H2,1-9H3. The molecule has 2 nitrogen and oxygen atoms in total. The zero-order chi connectivity index (χ0) is 31.9. The van der Waals surface area contributed by atoms with Gasteiger partial charge in [-0.15, -0.1) is 0 Å². The van der Waals surface area contributed by atoms with Crippen molar-refractivity contribution < 1.29 is 9.47 Å². The van der Waals surface area contributed by atoms with Gasteiger partial charge >= 0.3 is 0 Å². The summed E-state index contributed by atoms with van der Waals surface area (Å²) in [6.45, 7) is 19.0. The topological polar surface area (TPSA) is 18.5 Å². The zero-order valence-electron chi connectivity index (χ0n) is 28.3. The number of hydrogen-bond acceptors (Lipinski definition) is 2. The van der Waals surface area contributed by atoms with E-state index in [4.69, 9.17) is 9.47 Å². The molecule has 4 aromatic rings. The molecular weight excluding hydrogens is 574 g/mol. The van der Waals surface area contributed by atoms with E-state index in [1.165, 1.54) is 43.7 Å². The van der Waals surface area contributed by atoms with Gasteiger partial charge in [-0.05, 0) is 66.6 Å². The molecule has 0 aliphatic rings. The van der Waals surface area contributed by atoms with Crippen LogP contribution in [0.2, 0.25) is 0 Å². The third-order valence-electron chi connectivity index (χ3n) is 9.62. The average molecular weight is 627 g/mol. The molecule has 0 saturated heterocycles. The third kappa shape index (κ3) is 7.65. The van der Waals surface area contributed by atoms with Crippen LogP contribution >= 0.6 is 16.5 Å². The largest absolute Gasteiger partial charge is 0.467 e. The van der Waals surface area contributed by atoms with E-state index in [0.717, 1.165) is 24.8 Å². The monoisotopic (exact) mass is 626 g/mol. The predicted octanol–water partition coefficient (Wildman–Crippen LogP) is 9.87. The first kappa shape index (κ1) is 34.4. The van der Waals surface area contributed by atoms with Gasteiger partial charge in [-0.3, -0.25) is 0 Å². The smallest absolute Gasteiger partial charge is 0.188 e. The minimum absolute atomic E-state index is 0.0363.